The minimum absolute atomic E-state index is 0.0197. The van der Waals surface area contributed by atoms with Crippen molar-refractivity contribution >= 4 is 27.7 Å². The Bertz CT molecular complexity index is 452. The number of halogens is 1. The highest BCUT2D eigenvalue weighted by Gasteiger charge is 2.21. The highest BCUT2D eigenvalue weighted by atomic mass is 79.9. The van der Waals surface area contributed by atoms with E-state index in [0.717, 1.165) is 32.6 Å². The molecule has 98 valence electrons. The number of carbonyl (C=O) groups is 1. The van der Waals surface area contributed by atoms with Gasteiger partial charge in [-0.15, -0.1) is 0 Å². The van der Waals surface area contributed by atoms with Crippen LogP contribution in [0.25, 0.3) is 0 Å². The number of rotatable bonds is 1. The molecule has 1 amide bonds. The topological polar surface area (TPSA) is 62.5 Å². The second-order valence-corrected chi connectivity index (χ2v) is 5.39. The fourth-order valence-electron chi connectivity index (χ4n) is 2.04. The molecular formula is C12H17BrN4O. The summed E-state index contributed by atoms with van der Waals surface area (Å²) < 4.78 is 0.694. The van der Waals surface area contributed by atoms with Crippen LogP contribution >= 0.6 is 15.9 Å². The Balaban J connectivity index is 2.17. The molecule has 1 aliphatic heterocycles. The smallest absolute Gasteiger partial charge is 0.255 e. The van der Waals surface area contributed by atoms with Crippen molar-refractivity contribution in [3.05, 3.63) is 22.3 Å². The van der Waals surface area contributed by atoms with Gasteiger partial charge in [-0.05, 0) is 42.0 Å². The summed E-state index contributed by atoms with van der Waals surface area (Å²) in [5.41, 5.74) is 6.23. The molecular weight excluding hydrogens is 296 g/mol. The summed E-state index contributed by atoms with van der Waals surface area (Å²) in [6.45, 7) is 3.48. The van der Waals surface area contributed by atoms with Crippen molar-refractivity contribution in [1.29, 1.82) is 0 Å². The van der Waals surface area contributed by atoms with Gasteiger partial charge < -0.3 is 15.5 Å². The van der Waals surface area contributed by atoms with Gasteiger partial charge in [0.25, 0.3) is 5.91 Å². The molecule has 0 radical (unpaired) electrons. The van der Waals surface area contributed by atoms with Crippen LogP contribution in [0, 0.1) is 0 Å². The highest BCUT2D eigenvalue weighted by Crippen LogP contribution is 2.20. The van der Waals surface area contributed by atoms with Gasteiger partial charge in [-0.25, -0.2) is 4.98 Å². The molecule has 2 heterocycles. The number of aromatic nitrogens is 1. The van der Waals surface area contributed by atoms with E-state index in [-0.39, 0.29) is 5.91 Å². The molecule has 0 aromatic carbocycles. The van der Waals surface area contributed by atoms with E-state index in [0.29, 0.717) is 15.9 Å². The molecule has 0 spiro atoms. The molecule has 6 heteroatoms. The Labute approximate surface area is 115 Å². The number of nitrogen functional groups attached to an aromatic ring is 1. The molecule has 2 N–H and O–H groups in total. The molecule has 0 aliphatic carbocycles. The molecule has 0 bridgehead atoms. The summed E-state index contributed by atoms with van der Waals surface area (Å²) in [6.07, 6.45) is 2.58. The Kier molecular flexibility index (Phi) is 4.19. The third kappa shape index (κ3) is 3.00. The largest absolute Gasteiger partial charge is 0.384 e. The lowest BCUT2D eigenvalue weighted by atomic mass is 10.2. The van der Waals surface area contributed by atoms with Crippen molar-refractivity contribution in [3.8, 4) is 0 Å². The van der Waals surface area contributed by atoms with Crippen molar-refractivity contribution in [2.75, 3.05) is 39.0 Å². The van der Waals surface area contributed by atoms with Gasteiger partial charge in [0.1, 0.15) is 5.82 Å². The molecule has 0 unspecified atom stereocenters. The summed E-state index contributed by atoms with van der Waals surface area (Å²) >= 11 is 3.35. The lowest BCUT2D eigenvalue weighted by molar-refractivity contribution is 0.0762. The normalized spacial score (nSPS) is 17.6. The Morgan fingerprint density at radius 3 is 2.94 bits per heavy atom. The fourth-order valence-corrected chi connectivity index (χ4v) is 2.43. The maximum absolute atomic E-state index is 12.4. The van der Waals surface area contributed by atoms with E-state index in [9.17, 15) is 4.79 Å². The van der Waals surface area contributed by atoms with Crippen molar-refractivity contribution in [1.82, 2.24) is 14.8 Å². The van der Waals surface area contributed by atoms with Crippen molar-refractivity contribution < 1.29 is 4.79 Å². The number of nitrogens with two attached hydrogens (primary N) is 1. The third-order valence-electron chi connectivity index (χ3n) is 3.11. The monoisotopic (exact) mass is 312 g/mol. The Hall–Kier alpha value is -1.14. The number of amides is 1. The first kappa shape index (κ1) is 13.3. The predicted octanol–water partition coefficient (Wildman–Crippen LogP) is 1.20. The summed E-state index contributed by atoms with van der Waals surface area (Å²) in [6, 6.07) is 1.63. The maximum Gasteiger partial charge on any atom is 0.255 e. The Morgan fingerprint density at radius 1 is 1.39 bits per heavy atom. The van der Waals surface area contributed by atoms with E-state index < -0.39 is 0 Å². The van der Waals surface area contributed by atoms with Gasteiger partial charge in [-0.3, -0.25) is 4.79 Å². The van der Waals surface area contributed by atoms with Gasteiger partial charge in [0.2, 0.25) is 0 Å². The average Bonchev–Trinajstić information content (AvgIpc) is 2.56. The lowest BCUT2D eigenvalue weighted by Crippen LogP contribution is -2.34. The fraction of sp³-hybridized carbons (Fsp3) is 0.500. The number of hydrogen-bond acceptors (Lipinski definition) is 4. The quantitative estimate of drug-likeness (QED) is 0.846. The molecule has 1 saturated heterocycles. The van der Waals surface area contributed by atoms with E-state index in [4.69, 9.17) is 5.73 Å². The number of hydrogen-bond donors (Lipinski definition) is 1. The zero-order chi connectivity index (χ0) is 13.1. The van der Waals surface area contributed by atoms with E-state index >= 15 is 0 Å². The zero-order valence-corrected chi connectivity index (χ0v) is 12.0. The second kappa shape index (κ2) is 5.67. The second-order valence-electron chi connectivity index (χ2n) is 4.54. The summed E-state index contributed by atoms with van der Waals surface area (Å²) in [5.74, 6) is 0.389. The van der Waals surface area contributed by atoms with Crippen molar-refractivity contribution in [2.24, 2.45) is 0 Å². The molecule has 2 rings (SSSR count). The third-order valence-corrected chi connectivity index (χ3v) is 3.75. The van der Waals surface area contributed by atoms with Crippen LogP contribution in [0.5, 0.6) is 0 Å². The standard InChI is InChI=1S/C12H17BrN4O/c1-16-3-2-4-17(6-5-16)12(18)9-7-11(14)15-8-10(9)13/h7-8H,2-6H2,1H3,(H2,14,15). The minimum atomic E-state index is 0.0197. The van der Waals surface area contributed by atoms with Crippen LogP contribution in [0.2, 0.25) is 0 Å². The van der Waals surface area contributed by atoms with Crippen LogP contribution in [0.1, 0.15) is 16.8 Å². The SMILES string of the molecule is CN1CCCN(C(=O)c2cc(N)ncc2Br)CC1. The first-order valence-corrected chi connectivity index (χ1v) is 6.76. The number of carbonyl (C=O) groups excluding carboxylic acids is 1. The van der Waals surface area contributed by atoms with Gasteiger partial charge >= 0.3 is 0 Å². The summed E-state index contributed by atoms with van der Waals surface area (Å²) in [5, 5.41) is 0. The molecule has 1 aromatic rings. The number of likely N-dealkylation sites (N-methyl/N-ethyl adjacent to an activating group) is 1. The molecule has 5 nitrogen and oxygen atoms in total. The predicted molar refractivity (Wildman–Crippen MR) is 74.4 cm³/mol. The van der Waals surface area contributed by atoms with Crippen LogP contribution < -0.4 is 5.73 Å². The first-order chi connectivity index (χ1) is 8.58. The molecule has 0 atom stereocenters. The van der Waals surface area contributed by atoms with Crippen LogP contribution in [0.3, 0.4) is 0 Å². The summed E-state index contributed by atoms with van der Waals surface area (Å²) in [7, 11) is 2.08. The van der Waals surface area contributed by atoms with Crippen LogP contribution in [-0.4, -0.2) is 53.9 Å². The molecule has 1 aliphatic rings. The number of pyridine rings is 1. The molecule has 0 saturated carbocycles. The van der Waals surface area contributed by atoms with Gasteiger partial charge in [0.05, 0.1) is 5.56 Å². The molecule has 18 heavy (non-hydrogen) atoms. The average molecular weight is 313 g/mol. The van der Waals surface area contributed by atoms with Crippen LogP contribution in [0.4, 0.5) is 5.82 Å². The van der Waals surface area contributed by atoms with E-state index in [1.807, 2.05) is 4.90 Å². The van der Waals surface area contributed by atoms with Gasteiger partial charge in [0.15, 0.2) is 0 Å². The van der Waals surface area contributed by atoms with Crippen molar-refractivity contribution in [3.63, 3.8) is 0 Å². The van der Waals surface area contributed by atoms with Crippen LogP contribution in [-0.2, 0) is 0 Å². The molecule has 1 aromatic heterocycles. The zero-order valence-electron chi connectivity index (χ0n) is 10.4. The maximum atomic E-state index is 12.4. The van der Waals surface area contributed by atoms with Gasteiger partial charge in [-0.1, -0.05) is 0 Å². The minimum Gasteiger partial charge on any atom is -0.384 e. The van der Waals surface area contributed by atoms with E-state index in [1.165, 1.54) is 0 Å². The van der Waals surface area contributed by atoms with Crippen molar-refractivity contribution in [2.45, 2.75) is 6.42 Å². The Morgan fingerprint density at radius 2 is 2.17 bits per heavy atom. The van der Waals surface area contributed by atoms with E-state index in [1.54, 1.807) is 12.3 Å². The highest BCUT2D eigenvalue weighted by molar-refractivity contribution is 9.10. The summed E-state index contributed by atoms with van der Waals surface area (Å²) in [4.78, 5) is 20.5. The molecule has 1 fully saturated rings. The lowest BCUT2D eigenvalue weighted by Gasteiger charge is -2.21. The van der Waals surface area contributed by atoms with E-state index in [2.05, 4.69) is 32.9 Å². The number of nitrogens with zero attached hydrogens (tertiary/aromatic N) is 3. The first-order valence-electron chi connectivity index (χ1n) is 5.97. The number of anilines is 1. The van der Waals surface area contributed by atoms with Gasteiger partial charge in [-0.2, -0.15) is 0 Å². The van der Waals surface area contributed by atoms with Gasteiger partial charge in [0, 0.05) is 30.3 Å². The van der Waals surface area contributed by atoms with Crippen LogP contribution in [0.15, 0.2) is 16.7 Å².